The number of aliphatic hydroxyl groups is 1. The molecule has 0 aromatic carbocycles. The fourth-order valence-corrected chi connectivity index (χ4v) is 2.49. The number of carbonyl (C=O) groups is 1. The van der Waals surface area contributed by atoms with E-state index >= 15 is 0 Å². The number of allylic oxidation sites excluding steroid dienone is 4. The molecule has 0 bridgehead atoms. The molecule has 0 aromatic heterocycles. The molecule has 0 atom stereocenters. The van der Waals surface area contributed by atoms with Gasteiger partial charge in [0.1, 0.15) is 0 Å². The summed E-state index contributed by atoms with van der Waals surface area (Å²) in [5.41, 5.74) is 0. The van der Waals surface area contributed by atoms with Gasteiger partial charge in [-0.15, -0.1) is 0 Å². The topological polar surface area (TPSA) is 49.3 Å². The van der Waals surface area contributed by atoms with Gasteiger partial charge in [0.25, 0.3) is 0 Å². The Bertz CT molecular complexity index is 324. The summed E-state index contributed by atoms with van der Waals surface area (Å²) in [6.07, 6.45) is 23.7. The average molecular weight is 338 g/mol. The van der Waals surface area contributed by atoms with E-state index in [4.69, 9.17) is 5.11 Å². The minimum Gasteiger partial charge on any atom is -0.396 e. The van der Waals surface area contributed by atoms with E-state index < -0.39 is 0 Å². The predicted molar refractivity (Wildman–Crippen MR) is 104 cm³/mol. The minimum atomic E-state index is 0.120. The molecule has 3 nitrogen and oxygen atoms in total. The molecule has 0 aliphatic rings. The molecule has 0 unspecified atom stereocenters. The summed E-state index contributed by atoms with van der Waals surface area (Å²) in [5, 5.41) is 11.5. The van der Waals surface area contributed by atoms with Gasteiger partial charge in [0.2, 0.25) is 5.91 Å². The van der Waals surface area contributed by atoms with Gasteiger partial charge in [0.15, 0.2) is 0 Å². The highest BCUT2D eigenvalue weighted by Gasteiger charge is 1.99. The maximum atomic E-state index is 11.4. The Kier molecular flexibility index (Phi) is 19.0. The van der Waals surface area contributed by atoms with Crippen molar-refractivity contribution >= 4 is 5.91 Å². The Labute approximate surface area is 149 Å². The largest absolute Gasteiger partial charge is 0.396 e. The molecule has 0 fully saturated rings. The van der Waals surface area contributed by atoms with Crippen LogP contribution in [0.5, 0.6) is 0 Å². The first-order valence-corrected chi connectivity index (χ1v) is 9.98. The van der Waals surface area contributed by atoms with Crippen LogP contribution in [0.3, 0.4) is 0 Å². The van der Waals surface area contributed by atoms with Gasteiger partial charge in [-0.3, -0.25) is 4.79 Å². The molecule has 3 heteroatoms. The van der Waals surface area contributed by atoms with Crippen LogP contribution in [-0.2, 0) is 4.79 Å². The van der Waals surface area contributed by atoms with Crippen molar-refractivity contribution in [3.63, 3.8) is 0 Å². The monoisotopic (exact) mass is 337 g/mol. The van der Waals surface area contributed by atoms with Gasteiger partial charge in [0.05, 0.1) is 0 Å². The molecule has 0 saturated heterocycles. The Morgan fingerprint density at radius 3 is 2.12 bits per heavy atom. The number of hydrogen-bond acceptors (Lipinski definition) is 2. The number of hydrogen-bond donors (Lipinski definition) is 2. The first-order valence-electron chi connectivity index (χ1n) is 9.98. The van der Waals surface area contributed by atoms with E-state index in [2.05, 4.69) is 36.5 Å². The summed E-state index contributed by atoms with van der Waals surface area (Å²) in [4.78, 5) is 11.4. The smallest absolute Gasteiger partial charge is 0.219 e. The third kappa shape index (κ3) is 19.0. The fourth-order valence-electron chi connectivity index (χ4n) is 2.49. The van der Waals surface area contributed by atoms with E-state index in [1.54, 1.807) is 0 Å². The Hall–Kier alpha value is -1.09. The molecule has 0 aliphatic carbocycles. The third-order valence-electron chi connectivity index (χ3n) is 4.01. The van der Waals surface area contributed by atoms with Crippen LogP contribution < -0.4 is 5.32 Å². The summed E-state index contributed by atoms with van der Waals surface area (Å²) in [7, 11) is 0. The van der Waals surface area contributed by atoms with Crippen molar-refractivity contribution in [2.24, 2.45) is 0 Å². The van der Waals surface area contributed by atoms with Crippen LogP contribution >= 0.6 is 0 Å². The molecular formula is C21H39NO2. The highest BCUT2D eigenvalue weighted by atomic mass is 16.3. The number of rotatable bonds is 17. The molecule has 0 radical (unpaired) electrons. The first-order chi connectivity index (χ1) is 11.8. The lowest BCUT2D eigenvalue weighted by Gasteiger charge is -2.03. The lowest BCUT2D eigenvalue weighted by Crippen LogP contribution is -2.24. The van der Waals surface area contributed by atoms with Crippen molar-refractivity contribution in [3.8, 4) is 0 Å². The van der Waals surface area contributed by atoms with Crippen LogP contribution in [0.1, 0.15) is 90.4 Å². The molecular weight excluding hydrogens is 298 g/mol. The third-order valence-corrected chi connectivity index (χ3v) is 4.01. The van der Waals surface area contributed by atoms with Gasteiger partial charge in [-0.1, -0.05) is 63.3 Å². The minimum absolute atomic E-state index is 0.120. The zero-order valence-electron chi connectivity index (χ0n) is 15.8. The Morgan fingerprint density at radius 1 is 0.833 bits per heavy atom. The van der Waals surface area contributed by atoms with Crippen molar-refractivity contribution in [1.29, 1.82) is 0 Å². The normalized spacial score (nSPS) is 11.6. The van der Waals surface area contributed by atoms with E-state index in [0.29, 0.717) is 19.4 Å². The summed E-state index contributed by atoms with van der Waals surface area (Å²) < 4.78 is 0. The standard InChI is InChI=1S/C21H39NO2/c1-2-3-4-5-6-7-8-9-10-11-12-13-14-15-16-18-21(24)22-19-17-20-23/h6-7,9-10,23H,2-5,8,11-20H2,1H3,(H,22,24). The van der Waals surface area contributed by atoms with Crippen LogP contribution in [0.15, 0.2) is 24.3 Å². The summed E-state index contributed by atoms with van der Waals surface area (Å²) in [5.74, 6) is 0.120. The molecule has 0 heterocycles. The SMILES string of the molecule is CCCCCC=CCC=CCCCCCCCC(=O)NCCCO. The molecule has 2 N–H and O–H groups in total. The van der Waals surface area contributed by atoms with Crippen LogP contribution in [0.2, 0.25) is 0 Å². The molecule has 0 rings (SSSR count). The molecule has 0 aliphatic heterocycles. The second kappa shape index (κ2) is 20.0. The predicted octanol–water partition coefficient (Wildman–Crippen LogP) is 5.30. The zero-order valence-corrected chi connectivity index (χ0v) is 15.8. The summed E-state index contributed by atoms with van der Waals surface area (Å²) in [6, 6.07) is 0. The van der Waals surface area contributed by atoms with Gasteiger partial charge in [-0.05, 0) is 44.9 Å². The lowest BCUT2D eigenvalue weighted by molar-refractivity contribution is -0.121. The second-order valence-corrected chi connectivity index (χ2v) is 6.41. The molecule has 0 saturated carbocycles. The van der Waals surface area contributed by atoms with Crippen molar-refractivity contribution < 1.29 is 9.90 Å². The molecule has 0 aromatic rings. The van der Waals surface area contributed by atoms with Crippen LogP contribution in [0.25, 0.3) is 0 Å². The van der Waals surface area contributed by atoms with Gasteiger partial charge in [0, 0.05) is 19.6 Å². The van der Waals surface area contributed by atoms with Crippen LogP contribution in [0, 0.1) is 0 Å². The number of unbranched alkanes of at least 4 members (excludes halogenated alkanes) is 8. The van der Waals surface area contributed by atoms with Gasteiger partial charge in [-0.25, -0.2) is 0 Å². The molecule has 0 spiro atoms. The van der Waals surface area contributed by atoms with E-state index in [0.717, 1.165) is 19.3 Å². The maximum absolute atomic E-state index is 11.4. The van der Waals surface area contributed by atoms with Crippen molar-refractivity contribution in [3.05, 3.63) is 24.3 Å². The highest BCUT2D eigenvalue weighted by Crippen LogP contribution is 2.08. The maximum Gasteiger partial charge on any atom is 0.219 e. The van der Waals surface area contributed by atoms with Crippen molar-refractivity contribution in [2.45, 2.75) is 90.4 Å². The zero-order chi connectivity index (χ0) is 17.7. The molecule has 140 valence electrons. The van der Waals surface area contributed by atoms with E-state index in [9.17, 15) is 4.79 Å². The van der Waals surface area contributed by atoms with Gasteiger partial charge < -0.3 is 10.4 Å². The highest BCUT2D eigenvalue weighted by molar-refractivity contribution is 5.75. The second-order valence-electron chi connectivity index (χ2n) is 6.41. The Balaban J connectivity index is 3.24. The van der Waals surface area contributed by atoms with Crippen LogP contribution in [-0.4, -0.2) is 24.2 Å². The van der Waals surface area contributed by atoms with E-state index in [1.165, 1.54) is 51.4 Å². The lowest BCUT2D eigenvalue weighted by atomic mass is 10.1. The van der Waals surface area contributed by atoms with Gasteiger partial charge >= 0.3 is 0 Å². The number of aliphatic hydroxyl groups excluding tert-OH is 1. The molecule has 1 amide bonds. The van der Waals surface area contributed by atoms with Crippen molar-refractivity contribution in [1.82, 2.24) is 5.32 Å². The quantitative estimate of drug-likeness (QED) is 0.279. The molecule has 24 heavy (non-hydrogen) atoms. The van der Waals surface area contributed by atoms with Crippen molar-refractivity contribution in [2.75, 3.05) is 13.2 Å². The first kappa shape index (κ1) is 22.9. The average Bonchev–Trinajstić information content (AvgIpc) is 2.58. The number of carbonyl (C=O) groups excluding carboxylic acids is 1. The van der Waals surface area contributed by atoms with E-state index in [-0.39, 0.29) is 12.5 Å². The summed E-state index contributed by atoms with van der Waals surface area (Å²) >= 11 is 0. The fraction of sp³-hybridized carbons (Fsp3) is 0.762. The van der Waals surface area contributed by atoms with Gasteiger partial charge in [-0.2, -0.15) is 0 Å². The number of nitrogens with one attached hydrogen (secondary N) is 1. The van der Waals surface area contributed by atoms with Crippen LogP contribution in [0.4, 0.5) is 0 Å². The number of amides is 1. The summed E-state index contributed by atoms with van der Waals surface area (Å²) in [6.45, 7) is 2.98. The van der Waals surface area contributed by atoms with E-state index in [1.807, 2.05) is 0 Å². The Morgan fingerprint density at radius 2 is 1.46 bits per heavy atom.